The molecule has 1 heterocycles. The summed E-state index contributed by atoms with van der Waals surface area (Å²) in [5.41, 5.74) is 2.41. The van der Waals surface area contributed by atoms with Crippen molar-refractivity contribution in [1.82, 2.24) is 9.78 Å². The summed E-state index contributed by atoms with van der Waals surface area (Å²) in [6, 6.07) is 7.74. The molecule has 0 bridgehead atoms. The third kappa shape index (κ3) is 1.78. The summed E-state index contributed by atoms with van der Waals surface area (Å²) < 4.78 is 1.53. The van der Waals surface area contributed by atoms with Crippen molar-refractivity contribution in [2.45, 2.75) is 6.92 Å². The molecular formula is C11H9ClN2O. The molecular weight excluding hydrogens is 212 g/mol. The van der Waals surface area contributed by atoms with E-state index in [1.165, 1.54) is 10.9 Å². The van der Waals surface area contributed by atoms with Crippen molar-refractivity contribution in [1.29, 1.82) is 0 Å². The van der Waals surface area contributed by atoms with Crippen LogP contribution in [-0.2, 0) is 0 Å². The average molecular weight is 221 g/mol. The van der Waals surface area contributed by atoms with Gasteiger partial charge in [0.05, 0.1) is 17.4 Å². The molecule has 1 aromatic carbocycles. The predicted molar refractivity (Wildman–Crippen MR) is 58.7 cm³/mol. The second-order valence-electron chi connectivity index (χ2n) is 3.26. The van der Waals surface area contributed by atoms with Gasteiger partial charge in [0.1, 0.15) is 5.15 Å². The fraction of sp³-hybridized carbons (Fsp3) is 0.0909. The quantitative estimate of drug-likeness (QED) is 0.730. The first-order valence-electron chi connectivity index (χ1n) is 4.48. The third-order valence-corrected chi connectivity index (χ3v) is 2.52. The highest BCUT2D eigenvalue weighted by atomic mass is 35.5. The summed E-state index contributed by atoms with van der Waals surface area (Å²) in [6.45, 7) is 2.01. The maximum atomic E-state index is 10.6. The summed E-state index contributed by atoms with van der Waals surface area (Å²) in [6.07, 6.45) is 2.15. The molecule has 0 aliphatic carbocycles. The van der Waals surface area contributed by atoms with Crippen molar-refractivity contribution in [3.05, 3.63) is 46.7 Å². The normalized spacial score (nSPS) is 10.3. The Bertz CT molecular complexity index is 488. The minimum atomic E-state index is 0.342. The van der Waals surface area contributed by atoms with Crippen LogP contribution in [-0.4, -0.2) is 16.1 Å². The van der Waals surface area contributed by atoms with Crippen LogP contribution in [0.15, 0.2) is 30.5 Å². The molecule has 0 saturated heterocycles. The van der Waals surface area contributed by atoms with E-state index in [1.807, 2.05) is 31.2 Å². The molecule has 0 saturated carbocycles. The molecule has 0 aliphatic rings. The summed E-state index contributed by atoms with van der Waals surface area (Å²) in [7, 11) is 0. The second kappa shape index (κ2) is 3.87. The van der Waals surface area contributed by atoms with E-state index < -0.39 is 0 Å². The van der Waals surface area contributed by atoms with Crippen molar-refractivity contribution in [3.8, 4) is 5.69 Å². The SMILES string of the molecule is Cc1ccc(-n2ncc(C=O)c2Cl)cc1. The first-order chi connectivity index (χ1) is 7.22. The van der Waals surface area contributed by atoms with Gasteiger partial charge in [-0.05, 0) is 19.1 Å². The fourth-order valence-corrected chi connectivity index (χ4v) is 1.53. The number of aryl methyl sites for hydroxylation is 1. The van der Waals surface area contributed by atoms with Gasteiger partial charge < -0.3 is 0 Å². The zero-order chi connectivity index (χ0) is 10.8. The van der Waals surface area contributed by atoms with Gasteiger partial charge in [-0.25, -0.2) is 4.68 Å². The van der Waals surface area contributed by atoms with E-state index in [1.54, 1.807) is 0 Å². The van der Waals surface area contributed by atoms with Crippen molar-refractivity contribution in [3.63, 3.8) is 0 Å². The van der Waals surface area contributed by atoms with Gasteiger partial charge in [-0.1, -0.05) is 29.3 Å². The van der Waals surface area contributed by atoms with Crippen molar-refractivity contribution in [2.24, 2.45) is 0 Å². The van der Waals surface area contributed by atoms with Gasteiger partial charge in [0.15, 0.2) is 6.29 Å². The highest BCUT2D eigenvalue weighted by Gasteiger charge is 2.08. The van der Waals surface area contributed by atoms with Gasteiger partial charge >= 0.3 is 0 Å². The fourth-order valence-electron chi connectivity index (χ4n) is 1.29. The lowest BCUT2D eigenvalue weighted by atomic mass is 10.2. The minimum absolute atomic E-state index is 0.342. The van der Waals surface area contributed by atoms with Gasteiger partial charge in [-0.2, -0.15) is 5.10 Å². The van der Waals surface area contributed by atoms with E-state index in [0.29, 0.717) is 17.0 Å². The first kappa shape index (κ1) is 9.93. The van der Waals surface area contributed by atoms with Crippen LogP contribution in [0.4, 0.5) is 0 Å². The molecule has 2 aromatic rings. The second-order valence-corrected chi connectivity index (χ2v) is 3.61. The minimum Gasteiger partial charge on any atom is -0.298 e. The number of halogens is 1. The largest absolute Gasteiger partial charge is 0.298 e. The van der Waals surface area contributed by atoms with Crippen LogP contribution >= 0.6 is 11.6 Å². The van der Waals surface area contributed by atoms with Crippen LogP contribution in [0.25, 0.3) is 5.69 Å². The van der Waals surface area contributed by atoms with E-state index in [0.717, 1.165) is 11.3 Å². The smallest absolute Gasteiger partial charge is 0.154 e. The molecule has 0 spiro atoms. The van der Waals surface area contributed by atoms with Crippen LogP contribution < -0.4 is 0 Å². The summed E-state index contributed by atoms with van der Waals surface area (Å²) >= 11 is 5.97. The summed E-state index contributed by atoms with van der Waals surface area (Å²) in [5, 5.41) is 4.38. The Morgan fingerprint density at radius 2 is 2.00 bits per heavy atom. The maximum absolute atomic E-state index is 10.6. The van der Waals surface area contributed by atoms with E-state index in [4.69, 9.17) is 11.6 Å². The van der Waals surface area contributed by atoms with E-state index in [-0.39, 0.29) is 0 Å². The number of carbonyl (C=O) groups is 1. The van der Waals surface area contributed by atoms with Gasteiger partial charge in [0.2, 0.25) is 0 Å². The van der Waals surface area contributed by atoms with Crippen LogP contribution in [0.2, 0.25) is 5.15 Å². The molecule has 76 valence electrons. The Hall–Kier alpha value is -1.61. The predicted octanol–water partition coefficient (Wildman–Crippen LogP) is 2.65. The first-order valence-corrected chi connectivity index (χ1v) is 4.86. The number of aldehydes is 1. The topological polar surface area (TPSA) is 34.9 Å². The molecule has 3 nitrogen and oxygen atoms in total. The number of hydrogen-bond acceptors (Lipinski definition) is 2. The molecule has 0 radical (unpaired) electrons. The number of rotatable bonds is 2. The Kier molecular flexibility index (Phi) is 2.56. The van der Waals surface area contributed by atoms with Gasteiger partial charge in [0, 0.05) is 0 Å². The highest BCUT2D eigenvalue weighted by molar-refractivity contribution is 6.32. The van der Waals surface area contributed by atoms with Gasteiger partial charge in [-0.3, -0.25) is 4.79 Å². The lowest BCUT2D eigenvalue weighted by Gasteiger charge is -2.02. The molecule has 0 N–H and O–H groups in total. The van der Waals surface area contributed by atoms with E-state index >= 15 is 0 Å². The third-order valence-electron chi connectivity index (χ3n) is 2.14. The number of hydrogen-bond donors (Lipinski definition) is 0. The lowest BCUT2D eigenvalue weighted by molar-refractivity contribution is 0.112. The molecule has 2 rings (SSSR count). The van der Waals surface area contributed by atoms with Crippen LogP contribution in [0.5, 0.6) is 0 Å². The number of carbonyl (C=O) groups excluding carboxylic acids is 1. The van der Waals surface area contributed by atoms with E-state index in [9.17, 15) is 4.79 Å². The molecule has 1 aromatic heterocycles. The molecule has 0 amide bonds. The Balaban J connectivity index is 2.49. The number of aromatic nitrogens is 2. The van der Waals surface area contributed by atoms with Gasteiger partial charge in [-0.15, -0.1) is 0 Å². The molecule has 0 fully saturated rings. The molecule has 0 unspecified atom stereocenters. The number of nitrogens with zero attached hydrogens (tertiary/aromatic N) is 2. The van der Waals surface area contributed by atoms with Crippen molar-refractivity contribution in [2.75, 3.05) is 0 Å². The zero-order valence-corrected chi connectivity index (χ0v) is 8.90. The monoisotopic (exact) mass is 220 g/mol. The Morgan fingerprint density at radius 1 is 1.33 bits per heavy atom. The van der Waals surface area contributed by atoms with Gasteiger partial charge in [0.25, 0.3) is 0 Å². The van der Waals surface area contributed by atoms with Crippen LogP contribution in [0, 0.1) is 6.92 Å². The van der Waals surface area contributed by atoms with Crippen LogP contribution in [0.1, 0.15) is 15.9 Å². The van der Waals surface area contributed by atoms with Crippen molar-refractivity contribution < 1.29 is 4.79 Å². The maximum Gasteiger partial charge on any atom is 0.154 e. The highest BCUT2D eigenvalue weighted by Crippen LogP contribution is 2.18. The summed E-state index contributed by atoms with van der Waals surface area (Å²) in [4.78, 5) is 10.6. The standard InChI is InChI=1S/C11H9ClN2O/c1-8-2-4-10(5-3-8)14-11(12)9(7-15)6-13-14/h2-7H,1H3. The average Bonchev–Trinajstić information content (AvgIpc) is 2.61. The zero-order valence-electron chi connectivity index (χ0n) is 8.14. The lowest BCUT2D eigenvalue weighted by Crippen LogP contribution is -1.96. The Morgan fingerprint density at radius 3 is 2.53 bits per heavy atom. The number of benzene rings is 1. The van der Waals surface area contributed by atoms with Crippen LogP contribution in [0.3, 0.4) is 0 Å². The van der Waals surface area contributed by atoms with E-state index in [2.05, 4.69) is 5.10 Å². The Labute approximate surface area is 92.3 Å². The molecule has 0 aliphatic heterocycles. The molecule has 15 heavy (non-hydrogen) atoms. The summed E-state index contributed by atoms with van der Waals surface area (Å²) in [5.74, 6) is 0. The van der Waals surface area contributed by atoms with Crippen molar-refractivity contribution >= 4 is 17.9 Å². The molecule has 4 heteroatoms. The molecule has 0 atom stereocenters.